The van der Waals surface area contributed by atoms with Gasteiger partial charge in [0.25, 0.3) is 5.91 Å². The van der Waals surface area contributed by atoms with Gasteiger partial charge in [0.15, 0.2) is 0 Å². The lowest BCUT2D eigenvalue weighted by molar-refractivity contribution is -0.142. The third-order valence-corrected chi connectivity index (χ3v) is 11.3. The average molecular weight is 685 g/mol. The molecule has 2 fully saturated rings. The van der Waals surface area contributed by atoms with Gasteiger partial charge in [-0.3, -0.25) is 19.3 Å². The fraction of sp³-hybridized carbons (Fsp3) is 0.841. The number of carbonyl (C=O) groups is 3. The normalized spacial score (nSPS) is 22.4. The summed E-state index contributed by atoms with van der Waals surface area (Å²) in [4.78, 5) is 42.2. The molecule has 3 amide bonds. The molecule has 0 bridgehead atoms. The molecule has 2 rings (SSSR count). The monoisotopic (exact) mass is 685 g/mol. The Morgan fingerprint density at radius 3 is 1.90 bits per heavy atom. The quantitative estimate of drug-likeness (QED) is 0.0394. The van der Waals surface area contributed by atoms with E-state index in [1.165, 1.54) is 114 Å². The molecule has 284 valence electrons. The first-order valence-electron chi connectivity index (χ1n) is 21.2. The Bertz CT molecular complexity index is 942. The second-order valence-corrected chi connectivity index (χ2v) is 15.3. The zero-order valence-corrected chi connectivity index (χ0v) is 33.5. The Labute approximate surface area is 304 Å². The largest absolute Gasteiger partial charge is 0.327 e. The molecular formula is C44H80N2O3. The van der Waals surface area contributed by atoms with E-state index in [9.17, 15) is 14.4 Å². The summed E-state index contributed by atoms with van der Waals surface area (Å²) in [6.45, 7) is 20.0. The number of likely N-dealkylation sites (tertiary alicyclic amines) is 1. The van der Waals surface area contributed by atoms with Crippen LogP contribution in [0.25, 0.3) is 0 Å². The molecule has 49 heavy (non-hydrogen) atoms. The van der Waals surface area contributed by atoms with Gasteiger partial charge in [-0.2, -0.15) is 0 Å². The van der Waals surface area contributed by atoms with Crippen molar-refractivity contribution in [1.29, 1.82) is 0 Å². The van der Waals surface area contributed by atoms with Gasteiger partial charge in [-0.25, -0.2) is 0 Å². The van der Waals surface area contributed by atoms with Gasteiger partial charge in [-0.15, -0.1) is 0 Å². The van der Waals surface area contributed by atoms with E-state index in [-0.39, 0.29) is 24.1 Å². The molecule has 2 aliphatic rings. The molecule has 0 aromatic rings. The molecule has 0 spiro atoms. The number of hydrogen-bond donors (Lipinski definition) is 0. The van der Waals surface area contributed by atoms with Crippen molar-refractivity contribution < 1.29 is 14.4 Å². The molecule has 5 unspecified atom stereocenters. The average Bonchev–Trinajstić information content (AvgIpc) is 3.37. The summed E-state index contributed by atoms with van der Waals surface area (Å²) in [7, 11) is 0. The molecule has 1 aliphatic heterocycles. The van der Waals surface area contributed by atoms with Gasteiger partial charge >= 0.3 is 0 Å². The highest BCUT2D eigenvalue weighted by Gasteiger charge is 2.42. The Balaban J connectivity index is 0.00000589. The van der Waals surface area contributed by atoms with Crippen molar-refractivity contribution in [3.63, 3.8) is 0 Å². The van der Waals surface area contributed by atoms with Crippen LogP contribution in [0.3, 0.4) is 0 Å². The number of rotatable bonds is 26. The molecule has 1 aliphatic carbocycles. The molecule has 5 heteroatoms. The van der Waals surface area contributed by atoms with Crippen LogP contribution in [0.4, 0.5) is 0 Å². The first-order chi connectivity index (χ1) is 23.7. The zero-order valence-electron chi connectivity index (χ0n) is 33.5. The number of amides is 3. The van der Waals surface area contributed by atoms with E-state index in [1.807, 2.05) is 20.8 Å². The van der Waals surface area contributed by atoms with Gasteiger partial charge < -0.3 is 4.90 Å². The summed E-state index contributed by atoms with van der Waals surface area (Å²) in [5.74, 6) is 3.15. The van der Waals surface area contributed by atoms with E-state index < -0.39 is 6.04 Å². The van der Waals surface area contributed by atoms with Gasteiger partial charge in [-0.05, 0) is 62.7 Å². The highest BCUT2D eigenvalue weighted by molar-refractivity contribution is 6.07. The molecule has 1 saturated heterocycles. The number of carbonyl (C=O) groups excluding carboxylic acids is 3. The molecule has 1 heterocycles. The summed E-state index contributed by atoms with van der Waals surface area (Å²) in [6.07, 6.45) is 31.4. The second-order valence-electron chi connectivity index (χ2n) is 15.3. The molecule has 5 atom stereocenters. The summed E-state index contributed by atoms with van der Waals surface area (Å²) < 4.78 is 0. The van der Waals surface area contributed by atoms with Crippen LogP contribution in [0.15, 0.2) is 24.3 Å². The lowest BCUT2D eigenvalue weighted by Gasteiger charge is -2.43. The molecule has 0 aromatic heterocycles. The van der Waals surface area contributed by atoms with Crippen molar-refractivity contribution in [3.05, 3.63) is 24.3 Å². The Hall–Kier alpha value is -1.91. The highest BCUT2D eigenvalue weighted by Crippen LogP contribution is 2.46. The number of allylic oxidation sites excluding steroid dienone is 2. The SMILES string of the molecule is C=C(C)/C=C/C(=O)N(CCCCC)C1CC(=O)N(CCCCCCCCC2C(CCCCC)CCC(C)C2CCCCCCC)C1=O.CC. The van der Waals surface area contributed by atoms with E-state index in [4.69, 9.17) is 0 Å². The van der Waals surface area contributed by atoms with Crippen molar-refractivity contribution in [1.82, 2.24) is 9.80 Å². The number of imide groups is 1. The lowest BCUT2D eigenvalue weighted by atomic mass is 9.63. The topological polar surface area (TPSA) is 57.7 Å². The van der Waals surface area contributed by atoms with E-state index in [0.29, 0.717) is 13.1 Å². The predicted molar refractivity (Wildman–Crippen MR) is 210 cm³/mol. The minimum absolute atomic E-state index is 0.108. The predicted octanol–water partition coefficient (Wildman–Crippen LogP) is 12.2. The molecule has 0 radical (unpaired) electrons. The van der Waals surface area contributed by atoms with Crippen molar-refractivity contribution in [2.24, 2.45) is 23.7 Å². The molecule has 1 saturated carbocycles. The van der Waals surface area contributed by atoms with Crippen LogP contribution in [-0.2, 0) is 14.4 Å². The molecule has 0 N–H and O–H groups in total. The second kappa shape index (κ2) is 27.8. The van der Waals surface area contributed by atoms with E-state index >= 15 is 0 Å². The third kappa shape index (κ3) is 17.2. The van der Waals surface area contributed by atoms with Crippen LogP contribution in [0.2, 0.25) is 0 Å². The van der Waals surface area contributed by atoms with Crippen molar-refractivity contribution in [2.75, 3.05) is 13.1 Å². The first kappa shape index (κ1) is 45.1. The Kier molecular flexibility index (Phi) is 25.6. The number of unbranched alkanes of at least 4 members (excludes halogenated alkanes) is 13. The van der Waals surface area contributed by atoms with Crippen molar-refractivity contribution in [3.8, 4) is 0 Å². The van der Waals surface area contributed by atoms with Gasteiger partial charge in [0.1, 0.15) is 6.04 Å². The van der Waals surface area contributed by atoms with Crippen molar-refractivity contribution >= 4 is 17.7 Å². The minimum atomic E-state index is -0.671. The fourth-order valence-corrected chi connectivity index (χ4v) is 8.39. The lowest BCUT2D eigenvalue weighted by Crippen LogP contribution is -2.45. The maximum atomic E-state index is 13.3. The zero-order chi connectivity index (χ0) is 36.4. The fourth-order valence-electron chi connectivity index (χ4n) is 8.39. The van der Waals surface area contributed by atoms with Crippen LogP contribution in [-0.4, -0.2) is 46.7 Å². The smallest absolute Gasteiger partial charge is 0.252 e. The summed E-state index contributed by atoms with van der Waals surface area (Å²) in [5, 5.41) is 0. The summed E-state index contributed by atoms with van der Waals surface area (Å²) in [6, 6.07) is -0.671. The Morgan fingerprint density at radius 1 is 0.735 bits per heavy atom. The van der Waals surface area contributed by atoms with Crippen LogP contribution in [0, 0.1) is 23.7 Å². The Morgan fingerprint density at radius 2 is 1.27 bits per heavy atom. The maximum Gasteiger partial charge on any atom is 0.252 e. The van der Waals surface area contributed by atoms with Crippen LogP contribution in [0.1, 0.15) is 196 Å². The number of hydrogen-bond acceptors (Lipinski definition) is 3. The third-order valence-electron chi connectivity index (χ3n) is 11.3. The van der Waals surface area contributed by atoms with Gasteiger partial charge in [-0.1, -0.05) is 169 Å². The first-order valence-corrected chi connectivity index (χ1v) is 21.2. The standard InChI is InChI=1S/C42H74N2O3.C2H6/c1-7-10-13-16-20-25-37-35(6)28-29-36(24-19-11-8-2)38(37)26-21-17-14-15-18-23-32-44-41(46)33-39(42(44)47)43(31-22-12-9-3)40(45)30-27-34(4)5;1-2/h27,30,35-39H,4,7-26,28-29,31-33H2,1-3,5-6H3;1-2H3/b30-27+;. The van der Waals surface area contributed by atoms with E-state index in [1.54, 1.807) is 11.0 Å². The van der Waals surface area contributed by atoms with Crippen molar-refractivity contribution in [2.45, 2.75) is 202 Å². The maximum absolute atomic E-state index is 13.3. The molecular weight excluding hydrogens is 604 g/mol. The highest BCUT2D eigenvalue weighted by atomic mass is 16.2. The van der Waals surface area contributed by atoms with Gasteiger partial charge in [0.05, 0.1) is 6.42 Å². The van der Waals surface area contributed by atoms with E-state index in [0.717, 1.165) is 67.8 Å². The molecule has 0 aromatic carbocycles. The van der Waals surface area contributed by atoms with Crippen LogP contribution >= 0.6 is 0 Å². The van der Waals surface area contributed by atoms with E-state index in [2.05, 4.69) is 34.3 Å². The van der Waals surface area contributed by atoms with Crippen LogP contribution in [0.5, 0.6) is 0 Å². The van der Waals surface area contributed by atoms with Gasteiger partial charge in [0.2, 0.25) is 11.8 Å². The molecule has 5 nitrogen and oxygen atoms in total. The number of nitrogens with zero attached hydrogens (tertiary/aromatic N) is 2. The van der Waals surface area contributed by atoms with Crippen LogP contribution < -0.4 is 0 Å². The minimum Gasteiger partial charge on any atom is -0.327 e. The summed E-state index contributed by atoms with van der Waals surface area (Å²) in [5.41, 5.74) is 0.787. The van der Waals surface area contributed by atoms with Gasteiger partial charge in [0, 0.05) is 19.2 Å². The summed E-state index contributed by atoms with van der Waals surface area (Å²) >= 11 is 0.